The highest BCUT2D eigenvalue weighted by molar-refractivity contribution is 7.88. The van der Waals surface area contributed by atoms with Gasteiger partial charge in [-0.05, 0) is 35.2 Å². The largest absolute Gasteiger partial charge is 0.212 e. The molecule has 1 aliphatic heterocycles. The van der Waals surface area contributed by atoms with Crippen LogP contribution < -0.4 is 0 Å². The molecule has 2 rings (SSSR count). The van der Waals surface area contributed by atoms with Gasteiger partial charge in [0.25, 0.3) is 0 Å². The molecule has 14 heavy (non-hydrogen) atoms. The van der Waals surface area contributed by atoms with Gasteiger partial charge in [-0.25, -0.2) is 8.42 Å². The summed E-state index contributed by atoms with van der Waals surface area (Å²) in [5.74, 6) is 0. The lowest BCUT2D eigenvalue weighted by Gasteiger charge is -2.21. The summed E-state index contributed by atoms with van der Waals surface area (Å²) in [6.45, 7) is 0.666. The van der Waals surface area contributed by atoms with Crippen molar-refractivity contribution in [1.29, 1.82) is 0 Å². The van der Waals surface area contributed by atoms with E-state index in [1.807, 2.05) is 16.8 Å². The molecule has 1 aromatic rings. The zero-order valence-corrected chi connectivity index (χ0v) is 9.64. The normalized spacial score (nSPS) is 24.2. The Kier molecular flexibility index (Phi) is 2.64. The van der Waals surface area contributed by atoms with Crippen LogP contribution in [0.3, 0.4) is 0 Å². The first kappa shape index (κ1) is 10.1. The number of hydrogen-bond acceptors (Lipinski definition) is 3. The molecule has 1 saturated heterocycles. The van der Waals surface area contributed by atoms with Crippen molar-refractivity contribution in [2.24, 2.45) is 0 Å². The van der Waals surface area contributed by atoms with Gasteiger partial charge in [0.1, 0.15) is 0 Å². The maximum Gasteiger partial charge on any atom is 0.211 e. The van der Waals surface area contributed by atoms with Crippen molar-refractivity contribution in [3.63, 3.8) is 0 Å². The highest BCUT2D eigenvalue weighted by atomic mass is 32.2. The average Bonchev–Trinajstić information content (AvgIpc) is 2.73. The van der Waals surface area contributed by atoms with Crippen molar-refractivity contribution in [3.8, 4) is 0 Å². The minimum absolute atomic E-state index is 0.0799. The van der Waals surface area contributed by atoms with E-state index in [4.69, 9.17) is 0 Å². The first-order valence-corrected chi connectivity index (χ1v) is 7.37. The summed E-state index contributed by atoms with van der Waals surface area (Å²) in [4.78, 5) is 0. The van der Waals surface area contributed by atoms with Gasteiger partial charge in [-0.2, -0.15) is 15.6 Å². The lowest BCUT2D eigenvalue weighted by atomic mass is 10.1. The molecule has 0 bridgehead atoms. The van der Waals surface area contributed by atoms with Gasteiger partial charge in [-0.15, -0.1) is 0 Å². The summed E-state index contributed by atoms with van der Waals surface area (Å²) in [5, 5.41) is 4.03. The highest BCUT2D eigenvalue weighted by Crippen LogP contribution is 2.34. The Morgan fingerprint density at radius 1 is 1.57 bits per heavy atom. The molecular formula is C9H13NO2S2. The highest BCUT2D eigenvalue weighted by Gasteiger charge is 2.32. The molecular weight excluding hydrogens is 218 g/mol. The van der Waals surface area contributed by atoms with Crippen LogP contribution in [-0.2, 0) is 10.0 Å². The van der Waals surface area contributed by atoms with Crippen molar-refractivity contribution >= 4 is 21.4 Å². The summed E-state index contributed by atoms with van der Waals surface area (Å²) >= 11 is 1.62. The molecule has 0 aliphatic carbocycles. The second-order valence-electron chi connectivity index (χ2n) is 3.59. The molecule has 78 valence electrons. The Morgan fingerprint density at radius 2 is 2.36 bits per heavy atom. The quantitative estimate of drug-likeness (QED) is 0.779. The van der Waals surface area contributed by atoms with Gasteiger partial charge < -0.3 is 0 Å². The van der Waals surface area contributed by atoms with Crippen LogP contribution in [0.25, 0.3) is 0 Å². The van der Waals surface area contributed by atoms with E-state index >= 15 is 0 Å². The van der Waals surface area contributed by atoms with Crippen LogP contribution in [0.2, 0.25) is 0 Å². The molecule has 1 unspecified atom stereocenters. The standard InChI is InChI=1S/C9H13NO2S2/c1-14(11,12)10-5-2-3-9(10)8-4-6-13-7-8/h4,6-7,9H,2-3,5H2,1H3. The van der Waals surface area contributed by atoms with Gasteiger partial charge in [-0.1, -0.05) is 0 Å². The number of rotatable bonds is 2. The number of thiophene rings is 1. The fraction of sp³-hybridized carbons (Fsp3) is 0.556. The molecule has 0 spiro atoms. The van der Waals surface area contributed by atoms with E-state index in [9.17, 15) is 8.42 Å². The monoisotopic (exact) mass is 231 g/mol. The van der Waals surface area contributed by atoms with Crippen LogP contribution in [0.15, 0.2) is 16.8 Å². The van der Waals surface area contributed by atoms with Gasteiger partial charge in [0.05, 0.1) is 12.3 Å². The molecule has 1 fully saturated rings. The third-order valence-corrected chi connectivity index (χ3v) is 4.55. The Hall–Kier alpha value is -0.390. The van der Waals surface area contributed by atoms with Crippen LogP contribution in [0.5, 0.6) is 0 Å². The Labute approximate surface area is 88.4 Å². The average molecular weight is 231 g/mol. The molecule has 1 aromatic heterocycles. The first-order valence-electron chi connectivity index (χ1n) is 4.58. The zero-order chi connectivity index (χ0) is 10.2. The van der Waals surface area contributed by atoms with Gasteiger partial charge in [0, 0.05) is 6.54 Å². The van der Waals surface area contributed by atoms with Crippen LogP contribution in [0.4, 0.5) is 0 Å². The maximum absolute atomic E-state index is 11.5. The molecule has 5 heteroatoms. The lowest BCUT2D eigenvalue weighted by Crippen LogP contribution is -2.29. The van der Waals surface area contributed by atoms with Gasteiger partial charge in [0.2, 0.25) is 10.0 Å². The van der Waals surface area contributed by atoms with Crippen LogP contribution in [0.1, 0.15) is 24.4 Å². The van der Waals surface area contributed by atoms with Crippen molar-refractivity contribution < 1.29 is 8.42 Å². The summed E-state index contributed by atoms with van der Waals surface area (Å²) in [6.07, 6.45) is 3.20. The Balaban J connectivity index is 2.28. The summed E-state index contributed by atoms with van der Waals surface area (Å²) < 4.78 is 24.5. The van der Waals surface area contributed by atoms with Gasteiger partial charge >= 0.3 is 0 Å². The second kappa shape index (κ2) is 3.64. The summed E-state index contributed by atoms with van der Waals surface area (Å²) in [7, 11) is -3.04. The molecule has 2 heterocycles. The zero-order valence-electron chi connectivity index (χ0n) is 8.01. The van der Waals surface area contributed by atoms with Crippen LogP contribution in [0, 0.1) is 0 Å². The molecule has 3 nitrogen and oxygen atoms in total. The maximum atomic E-state index is 11.5. The van der Waals surface area contributed by atoms with E-state index in [0.29, 0.717) is 6.54 Å². The number of hydrogen-bond donors (Lipinski definition) is 0. The lowest BCUT2D eigenvalue weighted by molar-refractivity contribution is 0.401. The fourth-order valence-corrected chi connectivity index (χ4v) is 3.79. The fourth-order valence-electron chi connectivity index (χ4n) is 1.93. The molecule has 1 atom stereocenters. The van der Waals surface area contributed by atoms with Crippen molar-refractivity contribution in [2.45, 2.75) is 18.9 Å². The molecule has 0 N–H and O–H groups in total. The number of nitrogens with zero attached hydrogens (tertiary/aromatic N) is 1. The SMILES string of the molecule is CS(=O)(=O)N1CCCC1c1ccsc1. The van der Waals surface area contributed by atoms with E-state index < -0.39 is 10.0 Å². The van der Waals surface area contributed by atoms with E-state index in [0.717, 1.165) is 18.4 Å². The predicted octanol–water partition coefficient (Wildman–Crippen LogP) is 1.84. The Bertz CT molecular complexity index is 396. The molecule has 0 radical (unpaired) electrons. The van der Waals surface area contributed by atoms with Crippen molar-refractivity contribution in [2.75, 3.05) is 12.8 Å². The van der Waals surface area contributed by atoms with Crippen LogP contribution in [-0.4, -0.2) is 25.5 Å². The first-order chi connectivity index (χ1) is 6.59. The molecule has 0 amide bonds. The minimum atomic E-state index is -3.04. The van der Waals surface area contributed by atoms with E-state index in [2.05, 4.69) is 0 Å². The molecule has 0 saturated carbocycles. The smallest absolute Gasteiger partial charge is 0.211 e. The topological polar surface area (TPSA) is 37.4 Å². The van der Waals surface area contributed by atoms with Crippen LogP contribution >= 0.6 is 11.3 Å². The molecule has 0 aromatic carbocycles. The third-order valence-electron chi connectivity index (χ3n) is 2.56. The Morgan fingerprint density at radius 3 is 2.93 bits per heavy atom. The molecule has 1 aliphatic rings. The third kappa shape index (κ3) is 1.85. The van der Waals surface area contributed by atoms with E-state index in [1.54, 1.807) is 15.6 Å². The minimum Gasteiger partial charge on any atom is -0.212 e. The predicted molar refractivity (Wildman–Crippen MR) is 57.8 cm³/mol. The van der Waals surface area contributed by atoms with Gasteiger partial charge in [0.15, 0.2) is 0 Å². The van der Waals surface area contributed by atoms with E-state index in [-0.39, 0.29) is 6.04 Å². The second-order valence-corrected chi connectivity index (χ2v) is 6.30. The van der Waals surface area contributed by atoms with Crippen molar-refractivity contribution in [3.05, 3.63) is 22.4 Å². The summed E-state index contributed by atoms with van der Waals surface area (Å²) in [5.41, 5.74) is 1.14. The van der Waals surface area contributed by atoms with E-state index in [1.165, 1.54) is 6.26 Å². The summed E-state index contributed by atoms with van der Waals surface area (Å²) in [6, 6.07) is 2.09. The van der Waals surface area contributed by atoms with Gasteiger partial charge in [-0.3, -0.25) is 0 Å². The number of sulfonamides is 1. The van der Waals surface area contributed by atoms with Crippen molar-refractivity contribution in [1.82, 2.24) is 4.31 Å².